The van der Waals surface area contributed by atoms with Gasteiger partial charge in [-0.05, 0) is 48.0 Å². The molecule has 1 heterocycles. The average molecular weight is 420 g/mol. The van der Waals surface area contributed by atoms with Gasteiger partial charge in [0.15, 0.2) is 5.13 Å². The Morgan fingerprint density at radius 2 is 1.78 bits per heavy atom. The van der Waals surface area contributed by atoms with Gasteiger partial charge in [0.25, 0.3) is 10.0 Å². The second-order valence-electron chi connectivity index (χ2n) is 5.34. The Bertz CT molecular complexity index is 1050. The summed E-state index contributed by atoms with van der Waals surface area (Å²) in [5, 5.41) is 5.26. The monoisotopic (exact) mass is 419 g/mol. The first-order chi connectivity index (χ1) is 12.9. The molecule has 0 saturated carbocycles. The van der Waals surface area contributed by atoms with E-state index in [0.29, 0.717) is 15.8 Å². The molecule has 0 unspecified atom stereocenters. The maximum absolute atomic E-state index is 12.3. The average Bonchev–Trinajstić information content (AvgIpc) is 3.14. The van der Waals surface area contributed by atoms with Crippen molar-refractivity contribution in [2.75, 3.05) is 10.0 Å². The molecule has 1 amide bonds. The van der Waals surface area contributed by atoms with Crippen molar-refractivity contribution in [2.45, 2.75) is 4.90 Å². The van der Waals surface area contributed by atoms with Crippen LogP contribution in [0.15, 0.2) is 71.1 Å². The van der Waals surface area contributed by atoms with Crippen LogP contribution in [0.2, 0.25) is 5.02 Å². The first-order valence-corrected chi connectivity index (χ1v) is 10.4. The molecule has 0 spiro atoms. The van der Waals surface area contributed by atoms with Crippen LogP contribution >= 0.6 is 22.9 Å². The number of nitrogens with zero attached hydrogens (tertiary/aromatic N) is 1. The number of nitrogens with one attached hydrogen (secondary N) is 2. The third-order valence-electron chi connectivity index (χ3n) is 3.38. The van der Waals surface area contributed by atoms with Gasteiger partial charge < -0.3 is 5.32 Å². The van der Waals surface area contributed by atoms with Crippen LogP contribution in [0.3, 0.4) is 0 Å². The number of rotatable bonds is 6. The van der Waals surface area contributed by atoms with Gasteiger partial charge in [-0.1, -0.05) is 23.7 Å². The summed E-state index contributed by atoms with van der Waals surface area (Å²) in [5.41, 5.74) is 1.32. The molecule has 0 saturated heterocycles. The molecular formula is C18H14ClN3O3S2. The van der Waals surface area contributed by atoms with Gasteiger partial charge in [0.05, 0.1) is 4.90 Å². The van der Waals surface area contributed by atoms with Gasteiger partial charge in [-0.2, -0.15) is 0 Å². The van der Waals surface area contributed by atoms with Crippen LogP contribution in [0.5, 0.6) is 0 Å². The molecule has 0 aliphatic heterocycles. The Kier molecular flexibility index (Phi) is 5.90. The number of sulfonamides is 1. The zero-order chi connectivity index (χ0) is 19.3. The summed E-state index contributed by atoms with van der Waals surface area (Å²) >= 11 is 7.00. The normalized spacial score (nSPS) is 11.4. The molecule has 2 aromatic carbocycles. The van der Waals surface area contributed by atoms with E-state index in [2.05, 4.69) is 15.0 Å². The summed E-state index contributed by atoms with van der Waals surface area (Å²) in [4.78, 5) is 16.0. The van der Waals surface area contributed by atoms with Crippen molar-refractivity contribution < 1.29 is 13.2 Å². The Labute approximate surface area is 165 Å². The van der Waals surface area contributed by atoms with E-state index in [4.69, 9.17) is 11.6 Å². The minimum Gasteiger partial charge on any atom is -0.323 e. The third kappa shape index (κ3) is 5.40. The van der Waals surface area contributed by atoms with E-state index in [-0.39, 0.29) is 10.8 Å². The topological polar surface area (TPSA) is 88.2 Å². The summed E-state index contributed by atoms with van der Waals surface area (Å²) in [6.07, 6.45) is 4.55. The lowest BCUT2D eigenvalue weighted by molar-refractivity contribution is -0.111. The molecule has 0 radical (unpaired) electrons. The Balaban J connectivity index is 1.63. The van der Waals surface area contributed by atoms with Crippen molar-refractivity contribution in [3.63, 3.8) is 0 Å². The molecule has 27 heavy (non-hydrogen) atoms. The number of benzene rings is 2. The number of thiazole rings is 1. The zero-order valence-electron chi connectivity index (χ0n) is 13.8. The van der Waals surface area contributed by atoms with Crippen molar-refractivity contribution in [1.29, 1.82) is 0 Å². The molecule has 9 heteroatoms. The smallest absolute Gasteiger partial charge is 0.263 e. The van der Waals surface area contributed by atoms with Crippen LogP contribution in [0.4, 0.5) is 10.8 Å². The number of hydrogen-bond donors (Lipinski definition) is 2. The summed E-state index contributed by atoms with van der Waals surface area (Å²) in [6.45, 7) is 0. The van der Waals surface area contributed by atoms with Gasteiger partial charge in [0.1, 0.15) is 0 Å². The number of aromatic nitrogens is 1. The molecule has 0 aliphatic rings. The molecule has 3 rings (SSSR count). The lowest BCUT2D eigenvalue weighted by Gasteiger charge is -2.07. The molecule has 2 N–H and O–H groups in total. The summed E-state index contributed by atoms with van der Waals surface area (Å²) in [6, 6.07) is 12.9. The van der Waals surface area contributed by atoms with Crippen LogP contribution < -0.4 is 10.0 Å². The second-order valence-corrected chi connectivity index (χ2v) is 8.35. The standard InChI is InChI=1S/C18H14ClN3O3S2/c19-14-4-1-13(2-5-14)3-10-17(23)21-15-6-8-16(9-7-15)27(24,25)22-18-20-11-12-26-18/h1-12H,(H,20,22)(H,21,23). The fourth-order valence-electron chi connectivity index (χ4n) is 2.09. The first kappa shape index (κ1) is 19.1. The molecule has 3 aromatic rings. The fraction of sp³-hybridized carbons (Fsp3) is 0. The number of carbonyl (C=O) groups excluding carboxylic acids is 1. The summed E-state index contributed by atoms with van der Waals surface area (Å²) in [5.74, 6) is -0.332. The molecular weight excluding hydrogens is 406 g/mol. The van der Waals surface area contributed by atoms with Gasteiger partial charge in [-0.25, -0.2) is 13.4 Å². The van der Waals surface area contributed by atoms with Crippen LogP contribution in [-0.2, 0) is 14.8 Å². The van der Waals surface area contributed by atoms with Gasteiger partial charge in [0, 0.05) is 28.4 Å². The van der Waals surface area contributed by atoms with Gasteiger partial charge >= 0.3 is 0 Å². The van der Waals surface area contributed by atoms with Crippen molar-refractivity contribution in [3.8, 4) is 0 Å². The highest BCUT2D eigenvalue weighted by atomic mass is 35.5. The zero-order valence-corrected chi connectivity index (χ0v) is 16.2. The predicted octanol–water partition coefficient (Wildman–Crippen LogP) is 4.25. The van der Waals surface area contributed by atoms with Crippen LogP contribution in [0, 0.1) is 0 Å². The highest BCUT2D eigenvalue weighted by Gasteiger charge is 2.15. The van der Waals surface area contributed by atoms with E-state index in [0.717, 1.165) is 5.56 Å². The van der Waals surface area contributed by atoms with E-state index in [1.54, 1.807) is 35.7 Å². The molecule has 0 atom stereocenters. The highest BCUT2D eigenvalue weighted by molar-refractivity contribution is 7.93. The quantitative estimate of drug-likeness (QED) is 0.584. The molecule has 138 valence electrons. The summed E-state index contributed by atoms with van der Waals surface area (Å²) < 4.78 is 26.9. The predicted molar refractivity (Wildman–Crippen MR) is 108 cm³/mol. The second kappa shape index (κ2) is 8.34. The molecule has 1 aromatic heterocycles. The molecule has 0 aliphatic carbocycles. The van der Waals surface area contributed by atoms with Crippen LogP contribution in [-0.4, -0.2) is 19.3 Å². The van der Waals surface area contributed by atoms with E-state index in [9.17, 15) is 13.2 Å². The minimum absolute atomic E-state index is 0.0763. The van der Waals surface area contributed by atoms with Crippen LogP contribution in [0.1, 0.15) is 5.56 Å². The van der Waals surface area contributed by atoms with Crippen molar-refractivity contribution in [3.05, 3.63) is 76.8 Å². The minimum atomic E-state index is -3.72. The van der Waals surface area contributed by atoms with E-state index in [1.807, 2.05) is 0 Å². The lowest BCUT2D eigenvalue weighted by Crippen LogP contribution is -2.13. The molecule has 0 bridgehead atoms. The fourth-order valence-corrected chi connectivity index (χ4v) is 4.01. The van der Waals surface area contributed by atoms with Crippen molar-refractivity contribution in [2.24, 2.45) is 0 Å². The van der Waals surface area contributed by atoms with Crippen molar-refractivity contribution >= 4 is 55.8 Å². The maximum atomic E-state index is 12.3. The first-order valence-electron chi connectivity index (χ1n) is 7.69. The highest BCUT2D eigenvalue weighted by Crippen LogP contribution is 2.19. The van der Waals surface area contributed by atoms with Crippen molar-refractivity contribution in [1.82, 2.24) is 4.98 Å². The Morgan fingerprint density at radius 1 is 1.07 bits per heavy atom. The number of hydrogen-bond acceptors (Lipinski definition) is 5. The number of carbonyl (C=O) groups is 1. The Hall–Kier alpha value is -2.68. The molecule has 0 fully saturated rings. The maximum Gasteiger partial charge on any atom is 0.263 e. The lowest BCUT2D eigenvalue weighted by atomic mass is 10.2. The van der Waals surface area contributed by atoms with E-state index >= 15 is 0 Å². The third-order valence-corrected chi connectivity index (χ3v) is 5.81. The molecule has 6 nitrogen and oxygen atoms in total. The Morgan fingerprint density at radius 3 is 2.41 bits per heavy atom. The SMILES string of the molecule is O=C(C=Cc1ccc(Cl)cc1)Nc1ccc(S(=O)(=O)Nc2nccs2)cc1. The number of amides is 1. The summed E-state index contributed by atoms with van der Waals surface area (Å²) in [7, 11) is -3.72. The largest absolute Gasteiger partial charge is 0.323 e. The van der Waals surface area contributed by atoms with Gasteiger partial charge in [0.2, 0.25) is 5.91 Å². The van der Waals surface area contributed by atoms with Crippen LogP contribution in [0.25, 0.3) is 6.08 Å². The number of halogens is 1. The van der Waals surface area contributed by atoms with E-state index < -0.39 is 10.0 Å². The van der Waals surface area contributed by atoms with E-state index in [1.165, 1.54) is 47.9 Å². The number of anilines is 2. The van der Waals surface area contributed by atoms with Gasteiger partial charge in [-0.3, -0.25) is 9.52 Å². The van der Waals surface area contributed by atoms with Gasteiger partial charge in [-0.15, -0.1) is 11.3 Å².